The van der Waals surface area contributed by atoms with Crippen LogP contribution in [0.25, 0.3) is 11.1 Å². The maximum atomic E-state index is 12.7. The monoisotopic (exact) mass is 313 g/mol. The molecule has 1 aliphatic heterocycles. The first kappa shape index (κ1) is 15.1. The molecule has 2 nitrogen and oxygen atoms in total. The molecule has 3 heteroatoms. The number of carbonyl (C=O) groups is 1. The van der Waals surface area contributed by atoms with Crippen LogP contribution in [0.4, 0.5) is 0 Å². The molecule has 1 atom stereocenters. The van der Waals surface area contributed by atoms with E-state index in [1.165, 1.54) is 0 Å². The van der Waals surface area contributed by atoms with Crippen LogP contribution in [0, 0.1) is 5.92 Å². The summed E-state index contributed by atoms with van der Waals surface area (Å²) in [5.74, 6) is 1.20. The van der Waals surface area contributed by atoms with Crippen molar-refractivity contribution in [3.05, 3.63) is 59.7 Å². The fourth-order valence-electron chi connectivity index (χ4n) is 3.16. The highest BCUT2D eigenvalue weighted by atomic mass is 35.5. The third-order valence-corrected chi connectivity index (χ3v) is 4.57. The van der Waals surface area contributed by atoms with Gasteiger partial charge in [-0.1, -0.05) is 42.5 Å². The number of amides is 1. The fraction of sp³-hybridized carbons (Fsp3) is 0.316. The van der Waals surface area contributed by atoms with Gasteiger partial charge in [-0.2, -0.15) is 0 Å². The molecule has 22 heavy (non-hydrogen) atoms. The van der Waals surface area contributed by atoms with Crippen molar-refractivity contribution < 1.29 is 4.79 Å². The van der Waals surface area contributed by atoms with Gasteiger partial charge in [-0.15, -0.1) is 11.6 Å². The van der Waals surface area contributed by atoms with Crippen LogP contribution in [0.2, 0.25) is 0 Å². The van der Waals surface area contributed by atoms with Crippen molar-refractivity contribution in [2.75, 3.05) is 19.5 Å². The topological polar surface area (TPSA) is 20.3 Å². The first-order valence-corrected chi connectivity index (χ1v) is 8.22. The molecular weight excluding hydrogens is 294 g/mol. The summed E-state index contributed by atoms with van der Waals surface area (Å²) in [7, 11) is 1.88. The fourth-order valence-corrected chi connectivity index (χ4v) is 3.47. The summed E-state index contributed by atoms with van der Waals surface area (Å²) in [6, 6.07) is 16.4. The molecule has 0 saturated carbocycles. The quantitative estimate of drug-likeness (QED) is 0.777. The van der Waals surface area contributed by atoms with Crippen molar-refractivity contribution >= 4 is 17.5 Å². The molecule has 0 N–H and O–H groups in total. The SMILES string of the molecule is CN1CC(CCCl)Cc2ccc(-c3ccccc3)cc2C1=O. The van der Waals surface area contributed by atoms with Crippen molar-refractivity contribution in [1.82, 2.24) is 4.90 Å². The number of benzene rings is 2. The molecule has 1 aliphatic rings. The Kier molecular flexibility index (Phi) is 4.49. The molecule has 0 aromatic heterocycles. The Labute approximate surface area is 136 Å². The van der Waals surface area contributed by atoms with Gasteiger partial charge in [0.05, 0.1) is 0 Å². The minimum absolute atomic E-state index is 0.116. The van der Waals surface area contributed by atoms with E-state index in [0.29, 0.717) is 11.8 Å². The van der Waals surface area contributed by atoms with Crippen LogP contribution in [0.1, 0.15) is 22.3 Å². The van der Waals surface area contributed by atoms with Gasteiger partial charge >= 0.3 is 0 Å². The Morgan fingerprint density at radius 2 is 1.91 bits per heavy atom. The molecule has 1 amide bonds. The molecule has 0 radical (unpaired) electrons. The van der Waals surface area contributed by atoms with Gasteiger partial charge in [0.2, 0.25) is 0 Å². The largest absolute Gasteiger partial charge is 0.341 e. The first-order valence-electron chi connectivity index (χ1n) is 7.69. The van der Waals surface area contributed by atoms with Crippen molar-refractivity contribution in [3.8, 4) is 11.1 Å². The number of fused-ring (bicyclic) bond motifs is 1. The third-order valence-electron chi connectivity index (χ3n) is 4.35. The van der Waals surface area contributed by atoms with Gasteiger partial charge in [-0.25, -0.2) is 0 Å². The number of nitrogens with zero attached hydrogens (tertiary/aromatic N) is 1. The molecule has 0 spiro atoms. The second-order valence-electron chi connectivity index (χ2n) is 5.97. The van der Waals surface area contributed by atoms with E-state index in [2.05, 4.69) is 24.3 Å². The number of alkyl halides is 1. The third kappa shape index (κ3) is 3.02. The van der Waals surface area contributed by atoms with Gasteiger partial charge in [0.1, 0.15) is 0 Å². The highest BCUT2D eigenvalue weighted by Gasteiger charge is 2.25. The van der Waals surface area contributed by atoms with E-state index in [1.807, 2.05) is 36.2 Å². The lowest BCUT2D eigenvalue weighted by Crippen LogP contribution is -2.30. The average molecular weight is 314 g/mol. The number of hydrogen-bond donors (Lipinski definition) is 0. The molecular formula is C19H20ClNO. The summed E-state index contributed by atoms with van der Waals surface area (Å²) >= 11 is 5.90. The van der Waals surface area contributed by atoms with Gasteiger partial charge in [0.25, 0.3) is 5.91 Å². The predicted octanol–water partition coefficient (Wildman–Crippen LogP) is 4.23. The molecule has 0 saturated heterocycles. The molecule has 0 aliphatic carbocycles. The van der Waals surface area contributed by atoms with Crippen molar-refractivity contribution in [3.63, 3.8) is 0 Å². The minimum atomic E-state index is 0.116. The number of carbonyl (C=O) groups excluding carboxylic acids is 1. The van der Waals surface area contributed by atoms with E-state index >= 15 is 0 Å². The van der Waals surface area contributed by atoms with Gasteiger partial charge in [0.15, 0.2) is 0 Å². The van der Waals surface area contributed by atoms with Gasteiger partial charge in [-0.05, 0) is 41.5 Å². The van der Waals surface area contributed by atoms with E-state index < -0.39 is 0 Å². The lowest BCUT2D eigenvalue weighted by Gasteiger charge is -2.19. The molecule has 3 rings (SSSR count). The van der Waals surface area contributed by atoms with Gasteiger partial charge in [0, 0.05) is 25.0 Å². The molecule has 1 heterocycles. The molecule has 2 aromatic carbocycles. The van der Waals surface area contributed by atoms with Gasteiger partial charge < -0.3 is 4.90 Å². The van der Waals surface area contributed by atoms with Crippen LogP contribution >= 0.6 is 11.6 Å². The predicted molar refractivity (Wildman–Crippen MR) is 91.4 cm³/mol. The van der Waals surface area contributed by atoms with Crippen molar-refractivity contribution in [1.29, 1.82) is 0 Å². The van der Waals surface area contributed by atoms with Crippen LogP contribution < -0.4 is 0 Å². The second kappa shape index (κ2) is 6.53. The molecule has 0 fully saturated rings. The van der Waals surface area contributed by atoms with Crippen LogP contribution in [-0.4, -0.2) is 30.3 Å². The normalized spacial score (nSPS) is 18.0. The summed E-state index contributed by atoms with van der Waals surface area (Å²) in [5.41, 5.74) is 4.21. The zero-order valence-corrected chi connectivity index (χ0v) is 13.5. The lowest BCUT2D eigenvalue weighted by molar-refractivity contribution is 0.0782. The zero-order valence-electron chi connectivity index (χ0n) is 12.8. The standard InChI is InChI=1S/C19H20ClNO/c1-21-13-14(9-10-20)11-17-8-7-16(12-18(17)19(21)22)15-5-3-2-4-6-15/h2-8,12,14H,9-11,13H2,1H3. The van der Waals surface area contributed by atoms with Crippen LogP contribution in [0.5, 0.6) is 0 Å². The Hall–Kier alpha value is -1.80. The molecule has 114 valence electrons. The lowest BCUT2D eigenvalue weighted by atomic mass is 9.93. The Morgan fingerprint density at radius 3 is 2.64 bits per heavy atom. The maximum Gasteiger partial charge on any atom is 0.253 e. The maximum absolute atomic E-state index is 12.7. The summed E-state index contributed by atoms with van der Waals surface area (Å²) in [6.45, 7) is 0.779. The van der Waals surface area contributed by atoms with E-state index in [0.717, 1.165) is 41.6 Å². The summed E-state index contributed by atoms with van der Waals surface area (Å²) in [4.78, 5) is 14.5. The zero-order chi connectivity index (χ0) is 15.5. The second-order valence-corrected chi connectivity index (χ2v) is 6.35. The van der Waals surface area contributed by atoms with Gasteiger partial charge in [-0.3, -0.25) is 4.79 Å². The summed E-state index contributed by atoms with van der Waals surface area (Å²) in [6.07, 6.45) is 1.87. The molecule has 2 aromatic rings. The van der Waals surface area contributed by atoms with Crippen LogP contribution in [-0.2, 0) is 6.42 Å². The Balaban J connectivity index is 2.00. The van der Waals surface area contributed by atoms with Crippen LogP contribution in [0.15, 0.2) is 48.5 Å². The van der Waals surface area contributed by atoms with Crippen LogP contribution in [0.3, 0.4) is 0 Å². The van der Waals surface area contributed by atoms with E-state index in [9.17, 15) is 4.79 Å². The smallest absolute Gasteiger partial charge is 0.253 e. The summed E-state index contributed by atoms with van der Waals surface area (Å²) < 4.78 is 0. The van der Waals surface area contributed by atoms with E-state index in [-0.39, 0.29) is 5.91 Å². The Morgan fingerprint density at radius 1 is 1.14 bits per heavy atom. The minimum Gasteiger partial charge on any atom is -0.341 e. The Bertz CT molecular complexity index is 668. The first-order chi connectivity index (χ1) is 10.7. The number of halogens is 1. The van der Waals surface area contributed by atoms with Crippen molar-refractivity contribution in [2.24, 2.45) is 5.92 Å². The highest BCUT2D eigenvalue weighted by molar-refractivity contribution is 6.17. The van der Waals surface area contributed by atoms with E-state index in [4.69, 9.17) is 11.6 Å². The average Bonchev–Trinajstić information content (AvgIpc) is 2.66. The van der Waals surface area contributed by atoms with Crippen molar-refractivity contribution in [2.45, 2.75) is 12.8 Å². The molecule has 0 bridgehead atoms. The van der Waals surface area contributed by atoms with E-state index in [1.54, 1.807) is 0 Å². The number of hydrogen-bond acceptors (Lipinski definition) is 1. The highest BCUT2D eigenvalue weighted by Crippen LogP contribution is 2.28. The number of rotatable bonds is 3. The summed E-state index contributed by atoms with van der Waals surface area (Å²) in [5, 5.41) is 0. The molecule has 1 unspecified atom stereocenters.